The van der Waals surface area contributed by atoms with Crippen molar-refractivity contribution < 1.29 is 22.0 Å². The second kappa shape index (κ2) is 4.90. The summed E-state index contributed by atoms with van der Waals surface area (Å²) in [4.78, 5) is 28.5. The lowest BCUT2D eigenvalue weighted by atomic mass is 10.0. The van der Waals surface area contributed by atoms with Gasteiger partial charge in [-0.05, 0) is 0 Å². The molecule has 0 radical (unpaired) electrons. The number of hydrogen-bond donors (Lipinski definition) is 1. The van der Waals surface area contributed by atoms with Gasteiger partial charge in [0.1, 0.15) is 6.04 Å². The lowest BCUT2D eigenvalue weighted by molar-refractivity contribution is -0.0161. The normalized spacial score (nSPS) is 21.3. The first kappa shape index (κ1) is 14.7. The van der Waals surface area contributed by atoms with Crippen molar-refractivity contribution in [1.82, 2.24) is 19.5 Å². The lowest BCUT2D eigenvalue weighted by Crippen LogP contribution is -2.37. The van der Waals surface area contributed by atoms with Gasteiger partial charge in [-0.2, -0.15) is 18.5 Å². The summed E-state index contributed by atoms with van der Waals surface area (Å²) >= 11 is 0. The topological polar surface area (TPSA) is 122 Å². The van der Waals surface area contributed by atoms with Crippen LogP contribution in [0.4, 0.5) is 4.79 Å². The smallest absolute Gasteiger partial charge is 0.335 e. The summed E-state index contributed by atoms with van der Waals surface area (Å²) in [5.41, 5.74) is 0.582. The van der Waals surface area contributed by atoms with E-state index in [0.29, 0.717) is 16.3 Å². The predicted molar refractivity (Wildman–Crippen MR) is 72.7 cm³/mol. The summed E-state index contributed by atoms with van der Waals surface area (Å²) in [6.45, 7) is 0.434. The quantitative estimate of drug-likeness (QED) is 0.707. The maximum absolute atomic E-state index is 12.0. The molecule has 1 fully saturated rings. The van der Waals surface area contributed by atoms with Gasteiger partial charge in [0.05, 0.1) is 18.6 Å². The van der Waals surface area contributed by atoms with E-state index in [9.17, 15) is 18.0 Å². The number of hydroxylamine groups is 2. The monoisotopic (exact) mass is 328 g/mol. The number of aryl methyl sites for hydroxylation is 1. The highest BCUT2D eigenvalue weighted by atomic mass is 32.3. The van der Waals surface area contributed by atoms with E-state index in [1.165, 1.54) is 17.3 Å². The molecule has 118 valence electrons. The zero-order valence-corrected chi connectivity index (χ0v) is 12.2. The molecule has 11 heteroatoms. The molecule has 3 rings (SSSR count). The second-order valence-electron chi connectivity index (χ2n) is 4.91. The first-order valence-corrected chi connectivity index (χ1v) is 7.61. The predicted octanol–water partition coefficient (Wildman–Crippen LogP) is -0.982. The number of fused-ring (bicyclic) bond motifs is 2. The van der Waals surface area contributed by atoms with Crippen LogP contribution in [0.1, 0.15) is 5.69 Å². The molecule has 0 spiro atoms. The Labute approximate surface area is 125 Å². The van der Waals surface area contributed by atoms with E-state index in [-0.39, 0.29) is 13.1 Å². The first-order chi connectivity index (χ1) is 10.3. The van der Waals surface area contributed by atoms with E-state index in [4.69, 9.17) is 4.55 Å². The molecule has 1 atom stereocenters. The number of rotatable bonds is 3. The molecular weight excluding hydrogens is 316 g/mol. The number of aromatic nitrogens is 2. The summed E-state index contributed by atoms with van der Waals surface area (Å²) < 4.78 is 36.6. The molecule has 10 nitrogen and oxygen atoms in total. The SMILES string of the molecule is Cn1cnc(=O)cc1C1=CCN2CC1N(OS(=O)(=O)O)C2=O. The maximum Gasteiger partial charge on any atom is 0.418 e. The Hall–Kier alpha value is -2.24. The van der Waals surface area contributed by atoms with Gasteiger partial charge in [-0.1, -0.05) is 6.08 Å². The van der Waals surface area contributed by atoms with Gasteiger partial charge in [-0.3, -0.25) is 9.35 Å². The highest BCUT2D eigenvalue weighted by Gasteiger charge is 2.45. The number of hydrogen-bond acceptors (Lipinski definition) is 6. The van der Waals surface area contributed by atoms with Gasteiger partial charge in [-0.25, -0.2) is 4.79 Å². The highest BCUT2D eigenvalue weighted by molar-refractivity contribution is 7.80. The van der Waals surface area contributed by atoms with Crippen molar-refractivity contribution in [3.05, 3.63) is 34.5 Å². The number of urea groups is 1. The van der Waals surface area contributed by atoms with Crippen molar-refractivity contribution in [2.24, 2.45) is 7.05 Å². The van der Waals surface area contributed by atoms with E-state index >= 15 is 0 Å². The van der Waals surface area contributed by atoms with Gasteiger partial charge in [0.15, 0.2) is 0 Å². The third-order valence-corrected chi connectivity index (χ3v) is 3.84. The fourth-order valence-electron chi connectivity index (χ4n) is 2.56. The molecule has 2 bridgehead atoms. The summed E-state index contributed by atoms with van der Waals surface area (Å²) in [6, 6.07) is -0.139. The van der Waals surface area contributed by atoms with Crippen molar-refractivity contribution in [1.29, 1.82) is 0 Å². The van der Waals surface area contributed by atoms with Crippen molar-refractivity contribution in [3.8, 4) is 0 Å². The van der Waals surface area contributed by atoms with Crippen molar-refractivity contribution in [3.63, 3.8) is 0 Å². The number of amides is 2. The van der Waals surface area contributed by atoms with Crippen LogP contribution in [0.15, 0.2) is 23.3 Å². The van der Waals surface area contributed by atoms with Gasteiger partial charge < -0.3 is 9.47 Å². The van der Waals surface area contributed by atoms with Crippen LogP contribution >= 0.6 is 0 Å². The highest BCUT2D eigenvalue weighted by Crippen LogP contribution is 2.32. The molecule has 2 aliphatic rings. The van der Waals surface area contributed by atoms with Crippen LogP contribution in [0.2, 0.25) is 0 Å². The van der Waals surface area contributed by atoms with Crippen molar-refractivity contribution in [2.75, 3.05) is 13.1 Å². The average molecular weight is 328 g/mol. The zero-order valence-electron chi connectivity index (χ0n) is 11.4. The Morgan fingerprint density at radius 2 is 2.14 bits per heavy atom. The minimum atomic E-state index is -4.83. The second-order valence-corrected chi connectivity index (χ2v) is 5.92. The average Bonchev–Trinajstić information content (AvgIpc) is 2.66. The molecule has 0 aromatic carbocycles. The molecule has 1 unspecified atom stereocenters. The Balaban J connectivity index is 2.03. The van der Waals surface area contributed by atoms with Crippen molar-refractivity contribution >= 4 is 22.0 Å². The minimum absolute atomic E-state index is 0.191. The van der Waals surface area contributed by atoms with Crippen LogP contribution in [0, 0.1) is 0 Å². The van der Waals surface area contributed by atoms with Gasteiger partial charge >= 0.3 is 16.4 Å². The molecule has 1 saturated heterocycles. The van der Waals surface area contributed by atoms with Gasteiger partial charge in [0.2, 0.25) is 0 Å². The van der Waals surface area contributed by atoms with Crippen molar-refractivity contribution in [2.45, 2.75) is 6.04 Å². The Kier molecular flexibility index (Phi) is 3.27. The van der Waals surface area contributed by atoms with Gasteiger partial charge in [0, 0.05) is 25.2 Å². The third kappa shape index (κ3) is 2.49. The van der Waals surface area contributed by atoms with E-state index < -0.39 is 28.0 Å². The number of nitrogens with zero attached hydrogens (tertiary/aromatic N) is 4. The van der Waals surface area contributed by atoms with Crippen LogP contribution in [0.3, 0.4) is 0 Å². The molecule has 1 aromatic rings. The molecule has 2 aliphatic heterocycles. The Morgan fingerprint density at radius 3 is 2.82 bits per heavy atom. The lowest BCUT2D eigenvalue weighted by Gasteiger charge is -2.24. The molecular formula is C11H12N4O6S. The van der Waals surface area contributed by atoms with Gasteiger partial charge in [-0.15, -0.1) is 4.28 Å². The fourth-order valence-corrected chi connectivity index (χ4v) is 2.94. The maximum atomic E-state index is 12.0. The van der Waals surface area contributed by atoms with Crippen LogP contribution < -0.4 is 5.56 Å². The van der Waals surface area contributed by atoms with Crippen LogP contribution in [-0.2, 0) is 21.7 Å². The fraction of sp³-hybridized carbons (Fsp3) is 0.364. The summed E-state index contributed by atoms with van der Waals surface area (Å²) in [5, 5.41) is 0.596. The Morgan fingerprint density at radius 1 is 1.41 bits per heavy atom. The molecule has 0 saturated carbocycles. The summed E-state index contributed by atoms with van der Waals surface area (Å²) in [7, 11) is -3.17. The zero-order chi connectivity index (χ0) is 16.1. The first-order valence-electron chi connectivity index (χ1n) is 6.24. The van der Waals surface area contributed by atoms with Crippen LogP contribution in [0.25, 0.3) is 5.57 Å². The largest absolute Gasteiger partial charge is 0.418 e. The summed E-state index contributed by atoms with van der Waals surface area (Å²) in [6.07, 6.45) is 3.03. The third-order valence-electron chi connectivity index (χ3n) is 3.49. The van der Waals surface area contributed by atoms with E-state index in [2.05, 4.69) is 9.27 Å². The van der Waals surface area contributed by atoms with E-state index in [0.717, 1.165) is 0 Å². The molecule has 1 aromatic heterocycles. The van der Waals surface area contributed by atoms with E-state index in [1.54, 1.807) is 17.7 Å². The van der Waals surface area contributed by atoms with E-state index in [1.807, 2.05) is 0 Å². The van der Waals surface area contributed by atoms with Crippen LogP contribution in [-0.4, -0.2) is 57.6 Å². The van der Waals surface area contributed by atoms with Crippen LogP contribution in [0.5, 0.6) is 0 Å². The minimum Gasteiger partial charge on any atom is -0.335 e. The Bertz CT molecular complexity index is 829. The standard InChI is InChI=1S/C11H12N4O6S/c1-13-6-12-10(16)4-8(13)7-2-3-14-5-9(7)15(11(14)17)21-22(18,19)20/h2,4,6,9H,3,5H2,1H3,(H,18,19,20). The molecule has 22 heavy (non-hydrogen) atoms. The summed E-state index contributed by atoms with van der Waals surface area (Å²) in [5.74, 6) is 0. The number of carbonyl (C=O) groups excluding carboxylic acids is 1. The molecule has 1 N–H and O–H groups in total. The molecule has 2 amide bonds. The number of carbonyl (C=O) groups is 1. The molecule has 3 heterocycles. The molecule has 0 aliphatic carbocycles. The van der Waals surface area contributed by atoms with Gasteiger partial charge in [0.25, 0.3) is 5.56 Å².